The van der Waals surface area contributed by atoms with Crippen LogP contribution in [-0.4, -0.2) is 32.1 Å². The van der Waals surface area contributed by atoms with Gasteiger partial charge in [-0.05, 0) is 49.7 Å². The number of benzene rings is 1. The Morgan fingerprint density at radius 1 is 1.11 bits per heavy atom. The molecule has 0 atom stereocenters. The van der Waals surface area contributed by atoms with Crippen molar-refractivity contribution in [3.63, 3.8) is 0 Å². The van der Waals surface area contributed by atoms with E-state index in [2.05, 4.69) is 10.1 Å². The SMILES string of the molecule is Cc1noc(C)c1CC(=O)N1CCc2c(cc(-c3ccc(F)cc3F)c(=O)n2Cc2ccccn2)C1. The first-order chi connectivity index (χ1) is 17.3. The van der Waals surface area contributed by atoms with Crippen molar-refractivity contribution in [1.82, 2.24) is 19.6 Å². The van der Waals surface area contributed by atoms with Crippen LogP contribution in [0.1, 0.15) is 34.0 Å². The van der Waals surface area contributed by atoms with Gasteiger partial charge in [0.15, 0.2) is 0 Å². The van der Waals surface area contributed by atoms with Gasteiger partial charge in [-0.15, -0.1) is 0 Å². The molecule has 4 heterocycles. The minimum absolute atomic E-state index is 0.0122. The van der Waals surface area contributed by atoms with Crippen molar-refractivity contribution in [2.75, 3.05) is 6.54 Å². The zero-order valence-corrected chi connectivity index (χ0v) is 19.9. The largest absolute Gasteiger partial charge is 0.361 e. The molecule has 36 heavy (non-hydrogen) atoms. The molecule has 1 aromatic carbocycles. The number of hydrogen-bond donors (Lipinski definition) is 0. The van der Waals surface area contributed by atoms with Crippen LogP contribution >= 0.6 is 0 Å². The Kier molecular flexibility index (Phi) is 6.22. The Balaban J connectivity index is 1.55. The fourth-order valence-electron chi connectivity index (χ4n) is 4.67. The molecule has 0 saturated carbocycles. The van der Waals surface area contributed by atoms with Gasteiger partial charge >= 0.3 is 0 Å². The van der Waals surface area contributed by atoms with E-state index in [0.29, 0.717) is 30.1 Å². The van der Waals surface area contributed by atoms with Crippen molar-refractivity contribution in [2.24, 2.45) is 0 Å². The highest BCUT2D eigenvalue weighted by molar-refractivity contribution is 5.79. The van der Waals surface area contributed by atoms with Crippen LogP contribution in [0.4, 0.5) is 8.78 Å². The number of halogens is 2. The van der Waals surface area contributed by atoms with Crippen LogP contribution in [0, 0.1) is 25.5 Å². The van der Waals surface area contributed by atoms with Crippen molar-refractivity contribution in [3.8, 4) is 11.1 Å². The van der Waals surface area contributed by atoms with E-state index in [0.717, 1.165) is 29.0 Å². The van der Waals surface area contributed by atoms with Crippen LogP contribution in [0.3, 0.4) is 0 Å². The number of carbonyl (C=O) groups is 1. The van der Waals surface area contributed by atoms with Gasteiger partial charge in [0.05, 0.1) is 29.9 Å². The van der Waals surface area contributed by atoms with Gasteiger partial charge in [0, 0.05) is 48.6 Å². The average molecular weight is 491 g/mol. The van der Waals surface area contributed by atoms with E-state index in [1.165, 1.54) is 6.07 Å². The average Bonchev–Trinajstić information content (AvgIpc) is 3.18. The first kappa shape index (κ1) is 23.6. The third-order valence-electron chi connectivity index (χ3n) is 6.60. The third-order valence-corrected chi connectivity index (χ3v) is 6.60. The number of fused-ring (bicyclic) bond motifs is 1. The normalized spacial score (nSPS) is 13.1. The molecule has 0 aliphatic carbocycles. The zero-order valence-electron chi connectivity index (χ0n) is 19.9. The van der Waals surface area contributed by atoms with Gasteiger partial charge in [0.25, 0.3) is 5.56 Å². The third kappa shape index (κ3) is 4.44. The molecule has 0 unspecified atom stereocenters. The van der Waals surface area contributed by atoms with Crippen molar-refractivity contribution >= 4 is 5.91 Å². The molecule has 184 valence electrons. The lowest BCUT2D eigenvalue weighted by Gasteiger charge is -2.31. The Morgan fingerprint density at radius 2 is 1.94 bits per heavy atom. The van der Waals surface area contributed by atoms with E-state index in [1.54, 1.807) is 41.6 Å². The van der Waals surface area contributed by atoms with Crippen molar-refractivity contribution in [1.29, 1.82) is 0 Å². The van der Waals surface area contributed by atoms with Gasteiger partial charge in [0.1, 0.15) is 17.4 Å². The minimum atomic E-state index is -0.821. The smallest absolute Gasteiger partial charge is 0.259 e. The van der Waals surface area contributed by atoms with E-state index in [9.17, 15) is 18.4 Å². The first-order valence-electron chi connectivity index (χ1n) is 11.6. The van der Waals surface area contributed by atoms with E-state index in [4.69, 9.17) is 4.52 Å². The summed E-state index contributed by atoms with van der Waals surface area (Å²) in [5.41, 5.74) is 3.37. The Morgan fingerprint density at radius 3 is 2.64 bits per heavy atom. The molecular formula is C27H24F2N4O3. The summed E-state index contributed by atoms with van der Waals surface area (Å²) in [6.45, 7) is 4.46. The van der Waals surface area contributed by atoms with Crippen molar-refractivity contribution < 1.29 is 18.1 Å². The molecular weight excluding hydrogens is 466 g/mol. The van der Waals surface area contributed by atoms with Crippen LogP contribution in [-0.2, 0) is 30.7 Å². The Hall–Kier alpha value is -4.14. The summed E-state index contributed by atoms with van der Waals surface area (Å²) < 4.78 is 35.1. The second-order valence-electron chi connectivity index (χ2n) is 8.91. The summed E-state index contributed by atoms with van der Waals surface area (Å²) in [4.78, 5) is 32.8. The Labute approximate surface area is 206 Å². The highest BCUT2D eigenvalue weighted by Gasteiger charge is 2.27. The topological polar surface area (TPSA) is 81.2 Å². The number of hydrogen-bond acceptors (Lipinski definition) is 5. The van der Waals surface area contributed by atoms with Gasteiger partial charge in [-0.2, -0.15) is 0 Å². The highest BCUT2D eigenvalue weighted by Crippen LogP contribution is 2.27. The number of carbonyl (C=O) groups excluding carboxylic acids is 1. The lowest BCUT2D eigenvalue weighted by atomic mass is 9.98. The molecule has 0 bridgehead atoms. The fourth-order valence-corrected chi connectivity index (χ4v) is 4.67. The molecule has 0 saturated heterocycles. The summed E-state index contributed by atoms with van der Waals surface area (Å²) in [5.74, 6) is -1.03. The fraction of sp³-hybridized carbons (Fsp3) is 0.259. The molecule has 1 amide bonds. The number of nitrogens with zero attached hydrogens (tertiary/aromatic N) is 4. The van der Waals surface area contributed by atoms with Crippen LogP contribution in [0.15, 0.2) is 58.0 Å². The number of amides is 1. The first-order valence-corrected chi connectivity index (χ1v) is 11.6. The molecule has 5 rings (SSSR count). The van der Waals surface area contributed by atoms with Gasteiger partial charge in [-0.25, -0.2) is 8.78 Å². The van der Waals surface area contributed by atoms with Crippen LogP contribution in [0.2, 0.25) is 0 Å². The summed E-state index contributed by atoms with van der Waals surface area (Å²) in [7, 11) is 0. The highest BCUT2D eigenvalue weighted by atomic mass is 19.1. The van der Waals surface area contributed by atoms with Crippen LogP contribution in [0.5, 0.6) is 0 Å². The van der Waals surface area contributed by atoms with E-state index in [-0.39, 0.29) is 42.1 Å². The van der Waals surface area contributed by atoms with Crippen LogP contribution < -0.4 is 5.56 Å². The molecule has 4 aromatic rings. The minimum Gasteiger partial charge on any atom is -0.361 e. The molecule has 1 aliphatic heterocycles. The van der Waals surface area contributed by atoms with Gasteiger partial charge in [0.2, 0.25) is 5.91 Å². The molecule has 1 aliphatic rings. The van der Waals surface area contributed by atoms with E-state index in [1.807, 2.05) is 12.1 Å². The standard InChI is InChI=1S/C27H24F2N4O3/c1-16-22(17(2)36-31-16)13-26(34)32-10-8-25-18(14-32)11-23(21-7-6-19(28)12-24(21)29)27(35)33(25)15-20-5-3-4-9-30-20/h3-7,9,11-12H,8,10,13-15H2,1-2H3. The summed E-state index contributed by atoms with van der Waals surface area (Å²) in [5, 5.41) is 3.92. The molecule has 0 fully saturated rings. The molecule has 0 radical (unpaired) electrons. The lowest BCUT2D eigenvalue weighted by Crippen LogP contribution is -2.40. The van der Waals surface area contributed by atoms with Gasteiger partial charge in [-0.3, -0.25) is 14.6 Å². The van der Waals surface area contributed by atoms with Crippen LogP contribution in [0.25, 0.3) is 11.1 Å². The number of pyridine rings is 2. The van der Waals surface area contributed by atoms with E-state index < -0.39 is 11.6 Å². The lowest BCUT2D eigenvalue weighted by molar-refractivity contribution is -0.131. The monoisotopic (exact) mass is 490 g/mol. The van der Waals surface area contributed by atoms with Crippen molar-refractivity contribution in [2.45, 2.75) is 39.8 Å². The predicted octanol–water partition coefficient (Wildman–Crippen LogP) is 3.97. The predicted molar refractivity (Wildman–Crippen MR) is 128 cm³/mol. The molecule has 0 spiro atoms. The maximum absolute atomic E-state index is 14.7. The molecule has 7 nitrogen and oxygen atoms in total. The van der Waals surface area contributed by atoms with Gasteiger partial charge in [-0.1, -0.05) is 11.2 Å². The number of rotatable bonds is 5. The molecule has 3 aromatic heterocycles. The second-order valence-corrected chi connectivity index (χ2v) is 8.91. The summed E-state index contributed by atoms with van der Waals surface area (Å²) in [6, 6.07) is 10.2. The van der Waals surface area contributed by atoms with Crippen molar-refractivity contribution in [3.05, 3.63) is 105 Å². The second kappa shape index (κ2) is 9.49. The number of aromatic nitrogens is 3. The molecule has 0 N–H and O–H groups in total. The van der Waals surface area contributed by atoms with Gasteiger partial charge < -0.3 is 14.0 Å². The Bertz CT molecular complexity index is 1490. The maximum atomic E-state index is 14.7. The number of aryl methyl sites for hydroxylation is 2. The zero-order chi connectivity index (χ0) is 25.4. The summed E-state index contributed by atoms with van der Waals surface area (Å²) >= 11 is 0. The maximum Gasteiger partial charge on any atom is 0.259 e. The molecule has 9 heteroatoms. The van der Waals surface area contributed by atoms with E-state index >= 15 is 0 Å². The summed E-state index contributed by atoms with van der Waals surface area (Å²) in [6.07, 6.45) is 2.26. The quantitative estimate of drug-likeness (QED) is 0.423.